The summed E-state index contributed by atoms with van der Waals surface area (Å²) in [6.45, 7) is 5.64. The van der Waals surface area contributed by atoms with Crippen molar-refractivity contribution in [2.24, 2.45) is 0 Å². The maximum atomic E-state index is 13.6. The van der Waals surface area contributed by atoms with Gasteiger partial charge in [0.15, 0.2) is 0 Å². The smallest absolute Gasteiger partial charge is 0.236 e. The van der Waals surface area contributed by atoms with Crippen molar-refractivity contribution in [2.45, 2.75) is 12.6 Å². The predicted octanol–water partition coefficient (Wildman–Crippen LogP) is 2.69. The lowest BCUT2D eigenvalue weighted by Gasteiger charge is -2.37. The van der Waals surface area contributed by atoms with E-state index >= 15 is 0 Å². The Morgan fingerprint density at radius 3 is 2.41 bits per heavy atom. The van der Waals surface area contributed by atoms with E-state index in [0.29, 0.717) is 38.5 Å². The van der Waals surface area contributed by atoms with E-state index in [-0.39, 0.29) is 23.6 Å². The zero-order chi connectivity index (χ0) is 22.5. The normalized spacial score (nSPS) is 20.3. The minimum absolute atomic E-state index is 0.0839. The van der Waals surface area contributed by atoms with Crippen molar-refractivity contribution in [2.75, 3.05) is 59.5 Å². The molecule has 2 aliphatic rings. The number of benzene rings is 2. The fourth-order valence-corrected chi connectivity index (χ4v) is 4.26. The van der Waals surface area contributed by atoms with Crippen molar-refractivity contribution in [3.05, 3.63) is 65.2 Å². The second-order valence-electron chi connectivity index (χ2n) is 8.26. The van der Waals surface area contributed by atoms with Crippen LogP contribution >= 0.6 is 0 Å². The molecular weight excluding hydrogens is 416 g/mol. The van der Waals surface area contributed by atoms with Crippen molar-refractivity contribution in [1.29, 1.82) is 0 Å². The van der Waals surface area contributed by atoms with Gasteiger partial charge in [-0.1, -0.05) is 12.1 Å². The Labute approximate surface area is 187 Å². The number of hydrogen-bond acceptors (Lipinski definition) is 5. The van der Waals surface area contributed by atoms with Crippen LogP contribution in [0.2, 0.25) is 0 Å². The van der Waals surface area contributed by atoms with Crippen LogP contribution in [0.25, 0.3) is 0 Å². The first-order chi connectivity index (χ1) is 15.5. The van der Waals surface area contributed by atoms with Crippen molar-refractivity contribution in [3.63, 3.8) is 0 Å². The summed E-state index contributed by atoms with van der Waals surface area (Å²) in [6.07, 6.45) is -0.230. The number of halogens is 2. The van der Waals surface area contributed by atoms with Gasteiger partial charge in [-0.25, -0.2) is 8.78 Å². The van der Waals surface area contributed by atoms with Crippen LogP contribution in [-0.2, 0) is 16.1 Å². The van der Waals surface area contributed by atoms with E-state index in [9.17, 15) is 13.6 Å². The topological polar surface area (TPSA) is 45.2 Å². The average Bonchev–Trinajstić information content (AvgIpc) is 2.81. The summed E-state index contributed by atoms with van der Waals surface area (Å²) in [5.74, 6) is 0.217. The number of rotatable bonds is 6. The maximum Gasteiger partial charge on any atom is 0.236 e. The van der Waals surface area contributed by atoms with Crippen LogP contribution in [0.1, 0.15) is 17.2 Å². The highest BCUT2D eigenvalue weighted by Gasteiger charge is 2.27. The Hall–Kier alpha value is -2.55. The molecule has 0 spiro atoms. The van der Waals surface area contributed by atoms with Crippen LogP contribution < -0.4 is 4.74 Å². The molecule has 0 bridgehead atoms. The van der Waals surface area contributed by atoms with E-state index in [1.54, 1.807) is 25.3 Å². The van der Waals surface area contributed by atoms with Gasteiger partial charge in [0.25, 0.3) is 0 Å². The van der Waals surface area contributed by atoms with Crippen molar-refractivity contribution in [3.8, 4) is 5.75 Å². The standard InChI is InChI=1S/C24H29F2N3O3/c1-31-22-7-6-21(26)14-19(22)15-27-8-10-28(11-9-27)17-24(30)29-12-13-32-23(16-29)18-2-4-20(25)5-3-18/h2-7,14,23H,8-13,15-17H2,1H3. The lowest BCUT2D eigenvalue weighted by molar-refractivity contribution is -0.140. The Bertz CT molecular complexity index is 917. The number of piperazine rings is 1. The Balaban J connectivity index is 1.26. The molecule has 2 aromatic carbocycles. The third kappa shape index (κ3) is 5.62. The van der Waals surface area contributed by atoms with Gasteiger partial charge < -0.3 is 14.4 Å². The number of carbonyl (C=O) groups excluding carboxylic acids is 1. The largest absolute Gasteiger partial charge is 0.496 e. The van der Waals surface area contributed by atoms with E-state index in [0.717, 1.165) is 37.3 Å². The molecule has 2 aromatic rings. The van der Waals surface area contributed by atoms with Crippen LogP contribution in [0.15, 0.2) is 42.5 Å². The predicted molar refractivity (Wildman–Crippen MR) is 116 cm³/mol. The number of carbonyl (C=O) groups is 1. The Morgan fingerprint density at radius 2 is 1.69 bits per heavy atom. The molecule has 8 heteroatoms. The third-order valence-corrected chi connectivity index (χ3v) is 6.12. The molecular formula is C24H29F2N3O3. The molecule has 4 rings (SSSR count). The molecule has 1 amide bonds. The van der Waals surface area contributed by atoms with Gasteiger partial charge in [-0.15, -0.1) is 0 Å². The number of amides is 1. The van der Waals surface area contributed by atoms with E-state index < -0.39 is 0 Å². The zero-order valence-corrected chi connectivity index (χ0v) is 18.3. The molecule has 1 atom stereocenters. The van der Waals surface area contributed by atoms with Crippen LogP contribution in [0, 0.1) is 11.6 Å². The molecule has 6 nitrogen and oxygen atoms in total. The molecule has 2 fully saturated rings. The second kappa shape index (κ2) is 10.4. The molecule has 0 N–H and O–H groups in total. The molecule has 2 aliphatic heterocycles. The molecule has 0 saturated carbocycles. The molecule has 2 heterocycles. The molecule has 2 saturated heterocycles. The van der Waals surface area contributed by atoms with Crippen LogP contribution in [0.5, 0.6) is 5.75 Å². The Kier molecular flexibility index (Phi) is 7.34. The summed E-state index contributed by atoms with van der Waals surface area (Å²) in [4.78, 5) is 19.1. The highest BCUT2D eigenvalue weighted by Crippen LogP contribution is 2.24. The summed E-state index contributed by atoms with van der Waals surface area (Å²) >= 11 is 0. The molecule has 0 aliphatic carbocycles. The van der Waals surface area contributed by atoms with Gasteiger partial charge in [0.1, 0.15) is 23.5 Å². The molecule has 0 radical (unpaired) electrons. The number of hydrogen-bond donors (Lipinski definition) is 0. The van der Waals surface area contributed by atoms with Gasteiger partial charge in [0.05, 0.1) is 26.8 Å². The van der Waals surface area contributed by atoms with E-state index in [4.69, 9.17) is 9.47 Å². The lowest BCUT2D eigenvalue weighted by Crippen LogP contribution is -2.51. The quantitative estimate of drug-likeness (QED) is 0.684. The van der Waals surface area contributed by atoms with Crippen molar-refractivity contribution in [1.82, 2.24) is 14.7 Å². The summed E-state index contributed by atoms with van der Waals surface area (Å²) < 4.78 is 38.0. The number of ether oxygens (including phenoxy) is 2. The second-order valence-corrected chi connectivity index (χ2v) is 8.26. The van der Waals surface area contributed by atoms with Crippen LogP contribution in [0.3, 0.4) is 0 Å². The zero-order valence-electron chi connectivity index (χ0n) is 18.3. The van der Waals surface area contributed by atoms with E-state index in [1.165, 1.54) is 24.3 Å². The van der Waals surface area contributed by atoms with E-state index in [1.807, 2.05) is 4.90 Å². The number of nitrogens with zero attached hydrogens (tertiary/aromatic N) is 3. The van der Waals surface area contributed by atoms with Crippen molar-refractivity contribution < 1.29 is 23.0 Å². The fraction of sp³-hybridized carbons (Fsp3) is 0.458. The first-order valence-electron chi connectivity index (χ1n) is 10.9. The van der Waals surface area contributed by atoms with Gasteiger partial charge in [0.2, 0.25) is 5.91 Å². The summed E-state index contributed by atoms with van der Waals surface area (Å²) in [5.41, 5.74) is 1.71. The summed E-state index contributed by atoms with van der Waals surface area (Å²) in [7, 11) is 1.59. The van der Waals surface area contributed by atoms with Gasteiger partial charge >= 0.3 is 0 Å². The van der Waals surface area contributed by atoms with Crippen LogP contribution in [-0.4, -0.2) is 80.1 Å². The molecule has 1 unspecified atom stereocenters. The average molecular weight is 446 g/mol. The minimum Gasteiger partial charge on any atom is -0.496 e. The van der Waals surface area contributed by atoms with Gasteiger partial charge in [-0.3, -0.25) is 14.6 Å². The monoisotopic (exact) mass is 445 g/mol. The summed E-state index contributed by atoms with van der Waals surface area (Å²) in [6, 6.07) is 10.8. The molecule has 32 heavy (non-hydrogen) atoms. The van der Waals surface area contributed by atoms with Crippen LogP contribution in [0.4, 0.5) is 8.78 Å². The maximum absolute atomic E-state index is 13.6. The van der Waals surface area contributed by atoms with Gasteiger partial charge in [-0.05, 0) is 35.9 Å². The first kappa shape index (κ1) is 22.6. The molecule has 172 valence electrons. The van der Waals surface area contributed by atoms with Gasteiger partial charge in [-0.2, -0.15) is 0 Å². The number of methoxy groups -OCH3 is 1. The third-order valence-electron chi connectivity index (χ3n) is 6.12. The lowest BCUT2D eigenvalue weighted by atomic mass is 10.1. The summed E-state index contributed by atoms with van der Waals surface area (Å²) in [5, 5.41) is 0. The Morgan fingerprint density at radius 1 is 1.00 bits per heavy atom. The highest BCUT2D eigenvalue weighted by atomic mass is 19.1. The fourth-order valence-electron chi connectivity index (χ4n) is 4.26. The highest BCUT2D eigenvalue weighted by molar-refractivity contribution is 5.78. The minimum atomic E-state index is -0.285. The number of morpholine rings is 1. The first-order valence-corrected chi connectivity index (χ1v) is 10.9. The SMILES string of the molecule is COc1ccc(F)cc1CN1CCN(CC(=O)N2CCOC(c3ccc(F)cc3)C2)CC1. The van der Waals surface area contributed by atoms with Crippen molar-refractivity contribution >= 4 is 5.91 Å². The molecule has 0 aromatic heterocycles. The van der Waals surface area contributed by atoms with E-state index in [2.05, 4.69) is 9.80 Å². The van der Waals surface area contributed by atoms with Gasteiger partial charge in [0, 0.05) is 44.8 Å².